The van der Waals surface area contributed by atoms with Crippen LogP contribution in [0.25, 0.3) is 10.6 Å². The first kappa shape index (κ1) is 19.1. The molecule has 4 rings (SSSR count). The van der Waals surface area contributed by atoms with Crippen LogP contribution in [0.1, 0.15) is 38.1 Å². The fraction of sp³-hybridized carbons (Fsp3) is 0.227. The van der Waals surface area contributed by atoms with Gasteiger partial charge in [-0.1, -0.05) is 0 Å². The summed E-state index contributed by atoms with van der Waals surface area (Å²) in [5, 5.41) is 0. The number of amides is 1. The molecule has 7 heteroatoms. The molecule has 0 fully saturated rings. The zero-order valence-electron chi connectivity index (χ0n) is 16.3. The summed E-state index contributed by atoms with van der Waals surface area (Å²) in [6.07, 6.45) is 2.41. The SMILES string of the molecule is CCOC(=O)c1cc2c(s1)-c1ncc(C)cc1N(C(=O)c1ccc(N)cc1)CC2. The van der Waals surface area contributed by atoms with Gasteiger partial charge >= 0.3 is 5.97 Å². The predicted octanol–water partition coefficient (Wildman–Crippen LogP) is 4.08. The molecule has 29 heavy (non-hydrogen) atoms. The number of fused-ring (bicyclic) bond motifs is 3. The molecule has 0 spiro atoms. The molecule has 0 aliphatic carbocycles. The lowest BCUT2D eigenvalue weighted by Crippen LogP contribution is -2.32. The number of nitrogen functional groups attached to an aromatic ring is 1. The van der Waals surface area contributed by atoms with Crippen molar-refractivity contribution >= 4 is 34.6 Å². The van der Waals surface area contributed by atoms with E-state index in [0.29, 0.717) is 41.4 Å². The monoisotopic (exact) mass is 407 g/mol. The number of nitrogens with two attached hydrogens (primary N) is 1. The molecule has 3 heterocycles. The Hall–Kier alpha value is -3.19. The van der Waals surface area contributed by atoms with E-state index in [-0.39, 0.29) is 11.9 Å². The maximum atomic E-state index is 13.3. The summed E-state index contributed by atoms with van der Waals surface area (Å²) in [5.41, 5.74) is 10.4. The maximum absolute atomic E-state index is 13.3. The van der Waals surface area contributed by atoms with Gasteiger partial charge in [0.1, 0.15) is 10.6 Å². The first-order valence-electron chi connectivity index (χ1n) is 9.42. The topological polar surface area (TPSA) is 85.5 Å². The minimum Gasteiger partial charge on any atom is -0.462 e. The minimum absolute atomic E-state index is 0.0978. The molecule has 0 bridgehead atoms. The average molecular weight is 407 g/mol. The van der Waals surface area contributed by atoms with E-state index in [0.717, 1.165) is 21.7 Å². The highest BCUT2D eigenvalue weighted by atomic mass is 32.1. The quantitative estimate of drug-likeness (QED) is 0.522. The zero-order chi connectivity index (χ0) is 20.5. The van der Waals surface area contributed by atoms with E-state index in [1.54, 1.807) is 42.3 Å². The number of hydrogen-bond donors (Lipinski definition) is 1. The number of pyridine rings is 1. The summed E-state index contributed by atoms with van der Waals surface area (Å²) >= 11 is 1.37. The normalized spacial score (nSPS) is 12.7. The van der Waals surface area contributed by atoms with E-state index < -0.39 is 0 Å². The van der Waals surface area contributed by atoms with Crippen molar-refractivity contribution in [3.05, 3.63) is 64.2 Å². The second-order valence-corrected chi connectivity index (χ2v) is 7.95. The van der Waals surface area contributed by atoms with E-state index in [4.69, 9.17) is 10.5 Å². The van der Waals surface area contributed by atoms with Crippen molar-refractivity contribution in [1.82, 2.24) is 4.98 Å². The number of hydrogen-bond acceptors (Lipinski definition) is 6. The second-order valence-electron chi connectivity index (χ2n) is 6.89. The number of nitrogens with zero attached hydrogens (tertiary/aromatic N) is 2. The molecule has 0 saturated carbocycles. The van der Waals surface area contributed by atoms with Crippen LogP contribution in [0.15, 0.2) is 42.6 Å². The summed E-state index contributed by atoms with van der Waals surface area (Å²) in [7, 11) is 0. The van der Waals surface area contributed by atoms with Crippen molar-refractivity contribution in [1.29, 1.82) is 0 Å². The lowest BCUT2D eigenvalue weighted by atomic mass is 10.1. The van der Waals surface area contributed by atoms with E-state index in [1.807, 2.05) is 19.1 Å². The van der Waals surface area contributed by atoms with Gasteiger partial charge in [0.25, 0.3) is 5.91 Å². The molecule has 6 nitrogen and oxygen atoms in total. The Morgan fingerprint density at radius 2 is 2.00 bits per heavy atom. The highest BCUT2D eigenvalue weighted by molar-refractivity contribution is 7.17. The number of carbonyl (C=O) groups excluding carboxylic acids is 2. The molecule has 3 aromatic rings. The summed E-state index contributed by atoms with van der Waals surface area (Å²) in [6, 6.07) is 10.8. The summed E-state index contributed by atoms with van der Waals surface area (Å²) < 4.78 is 5.15. The Labute approximate surface area is 172 Å². The second kappa shape index (κ2) is 7.67. The molecule has 1 aromatic carbocycles. The number of aryl methyl sites for hydroxylation is 1. The lowest BCUT2D eigenvalue weighted by molar-refractivity contribution is 0.0532. The molecule has 1 amide bonds. The Balaban J connectivity index is 1.78. The Morgan fingerprint density at radius 3 is 2.72 bits per heavy atom. The molecule has 0 unspecified atom stereocenters. The van der Waals surface area contributed by atoms with Gasteiger partial charge in [0.05, 0.1) is 17.2 Å². The summed E-state index contributed by atoms with van der Waals surface area (Å²) in [4.78, 5) is 33.3. The molecule has 2 N–H and O–H groups in total. The molecule has 0 radical (unpaired) electrons. The molecule has 1 aliphatic heterocycles. The van der Waals surface area contributed by atoms with Gasteiger partial charge in [0, 0.05) is 24.0 Å². The number of carbonyl (C=O) groups is 2. The highest BCUT2D eigenvalue weighted by Crippen LogP contribution is 2.41. The van der Waals surface area contributed by atoms with Gasteiger partial charge in [-0.15, -0.1) is 11.3 Å². The van der Waals surface area contributed by atoms with Crippen molar-refractivity contribution in [3.63, 3.8) is 0 Å². The number of aromatic nitrogens is 1. The van der Waals surface area contributed by atoms with Crippen LogP contribution in [0.4, 0.5) is 11.4 Å². The van der Waals surface area contributed by atoms with E-state index in [1.165, 1.54) is 11.3 Å². The van der Waals surface area contributed by atoms with Crippen LogP contribution >= 0.6 is 11.3 Å². The lowest BCUT2D eigenvalue weighted by Gasteiger charge is -2.23. The van der Waals surface area contributed by atoms with Gasteiger partial charge in [-0.2, -0.15) is 0 Å². The maximum Gasteiger partial charge on any atom is 0.348 e. The molecule has 0 atom stereocenters. The Bertz CT molecular complexity index is 1090. The van der Waals surface area contributed by atoms with Crippen molar-refractivity contribution in [2.45, 2.75) is 20.3 Å². The Morgan fingerprint density at radius 1 is 1.24 bits per heavy atom. The van der Waals surface area contributed by atoms with Gasteiger partial charge < -0.3 is 15.4 Å². The minimum atomic E-state index is -0.325. The molecule has 2 aromatic heterocycles. The molecule has 0 saturated heterocycles. The first-order chi connectivity index (χ1) is 14.0. The third kappa shape index (κ3) is 3.61. The molecule has 1 aliphatic rings. The third-order valence-electron chi connectivity index (χ3n) is 4.80. The number of rotatable bonds is 3. The first-order valence-corrected chi connectivity index (χ1v) is 10.2. The zero-order valence-corrected chi connectivity index (χ0v) is 17.1. The van der Waals surface area contributed by atoms with Gasteiger partial charge in [-0.25, -0.2) is 4.79 Å². The van der Waals surface area contributed by atoms with Gasteiger partial charge in [-0.3, -0.25) is 9.78 Å². The fourth-order valence-corrected chi connectivity index (χ4v) is 4.51. The van der Waals surface area contributed by atoms with Crippen LogP contribution in [0.5, 0.6) is 0 Å². The number of esters is 1. The molecule has 148 valence electrons. The van der Waals surface area contributed by atoms with Crippen molar-refractivity contribution < 1.29 is 14.3 Å². The van der Waals surface area contributed by atoms with Crippen LogP contribution < -0.4 is 10.6 Å². The van der Waals surface area contributed by atoms with Crippen molar-refractivity contribution in [2.24, 2.45) is 0 Å². The molecular weight excluding hydrogens is 386 g/mol. The van der Waals surface area contributed by atoms with Crippen molar-refractivity contribution in [3.8, 4) is 10.6 Å². The summed E-state index contributed by atoms with van der Waals surface area (Å²) in [6.45, 7) is 4.56. The van der Waals surface area contributed by atoms with E-state index >= 15 is 0 Å². The van der Waals surface area contributed by atoms with E-state index in [9.17, 15) is 9.59 Å². The van der Waals surface area contributed by atoms with Crippen LogP contribution in [-0.4, -0.2) is 30.0 Å². The molecular formula is C22H21N3O3S. The van der Waals surface area contributed by atoms with Gasteiger partial charge in [0.15, 0.2) is 0 Å². The Kier molecular flexibility index (Phi) is 5.07. The van der Waals surface area contributed by atoms with Crippen LogP contribution in [0, 0.1) is 6.92 Å². The van der Waals surface area contributed by atoms with Crippen LogP contribution in [0.2, 0.25) is 0 Å². The number of benzene rings is 1. The largest absolute Gasteiger partial charge is 0.462 e. The average Bonchev–Trinajstić information content (AvgIpc) is 3.07. The summed E-state index contributed by atoms with van der Waals surface area (Å²) in [5.74, 6) is -0.423. The van der Waals surface area contributed by atoms with Crippen LogP contribution in [0.3, 0.4) is 0 Å². The number of anilines is 2. The smallest absolute Gasteiger partial charge is 0.348 e. The standard InChI is InChI=1S/C22H21N3O3S/c1-3-28-22(27)18-11-15-8-9-25(21(26)14-4-6-16(23)7-5-14)17-10-13(2)12-24-19(17)20(15)29-18/h4-7,10-12H,3,8-9,23H2,1-2H3. The van der Waals surface area contributed by atoms with Gasteiger partial charge in [0.2, 0.25) is 0 Å². The highest BCUT2D eigenvalue weighted by Gasteiger charge is 2.29. The van der Waals surface area contributed by atoms with E-state index in [2.05, 4.69) is 4.98 Å². The fourth-order valence-electron chi connectivity index (χ4n) is 3.40. The van der Waals surface area contributed by atoms with Gasteiger partial charge in [-0.05, 0) is 67.8 Å². The van der Waals surface area contributed by atoms with Crippen LogP contribution in [-0.2, 0) is 11.2 Å². The predicted molar refractivity (Wildman–Crippen MR) is 114 cm³/mol. The van der Waals surface area contributed by atoms with Crippen molar-refractivity contribution in [2.75, 3.05) is 23.8 Å². The number of thiophene rings is 1. The third-order valence-corrected chi connectivity index (χ3v) is 5.97. The number of ether oxygens (including phenoxy) is 1.